The van der Waals surface area contributed by atoms with E-state index in [2.05, 4.69) is 10.4 Å². The Balaban J connectivity index is 1.39. The Labute approximate surface area is 169 Å². The van der Waals surface area contributed by atoms with Gasteiger partial charge in [0.2, 0.25) is 5.91 Å². The van der Waals surface area contributed by atoms with Crippen LogP contribution >= 0.6 is 0 Å². The molecule has 1 aromatic carbocycles. The highest BCUT2D eigenvalue weighted by atomic mass is 16.5. The third kappa shape index (κ3) is 4.70. The van der Waals surface area contributed by atoms with E-state index in [1.54, 1.807) is 4.57 Å². The molecule has 3 heterocycles. The van der Waals surface area contributed by atoms with Crippen molar-refractivity contribution in [1.29, 1.82) is 0 Å². The minimum absolute atomic E-state index is 0.0470. The Morgan fingerprint density at radius 2 is 2.24 bits per heavy atom. The molecule has 8 nitrogen and oxygen atoms in total. The maximum Gasteiger partial charge on any atom is 0.346 e. The Morgan fingerprint density at radius 1 is 1.34 bits per heavy atom. The molecule has 1 aromatic heterocycles. The maximum absolute atomic E-state index is 12.5. The molecule has 0 radical (unpaired) electrons. The van der Waals surface area contributed by atoms with Crippen LogP contribution in [-0.2, 0) is 35.6 Å². The highest BCUT2D eigenvalue weighted by Crippen LogP contribution is 2.23. The lowest BCUT2D eigenvalue weighted by Crippen LogP contribution is -2.33. The van der Waals surface area contributed by atoms with E-state index < -0.39 is 0 Å². The lowest BCUT2D eigenvalue weighted by atomic mass is 10.1. The van der Waals surface area contributed by atoms with Crippen LogP contribution in [0.5, 0.6) is 5.75 Å². The third-order valence-electron chi connectivity index (χ3n) is 5.46. The molecular weight excluding hydrogens is 372 g/mol. The van der Waals surface area contributed by atoms with Gasteiger partial charge in [0.1, 0.15) is 24.2 Å². The van der Waals surface area contributed by atoms with Crippen molar-refractivity contribution >= 4 is 5.91 Å². The van der Waals surface area contributed by atoms with Crippen LogP contribution in [0, 0.1) is 6.92 Å². The summed E-state index contributed by atoms with van der Waals surface area (Å²) in [6, 6.07) is 5.94. The number of aromatic nitrogens is 3. The van der Waals surface area contributed by atoms with E-state index in [1.165, 1.54) is 4.68 Å². The van der Waals surface area contributed by atoms with Gasteiger partial charge in [-0.3, -0.25) is 9.36 Å². The summed E-state index contributed by atoms with van der Waals surface area (Å²) in [5.41, 5.74) is 1.81. The molecule has 2 aliphatic heterocycles. The fraction of sp³-hybridized carbons (Fsp3) is 0.571. The third-order valence-corrected chi connectivity index (χ3v) is 5.46. The summed E-state index contributed by atoms with van der Waals surface area (Å²) in [4.78, 5) is 25.0. The molecule has 1 N–H and O–H groups in total. The Kier molecular flexibility index (Phi) is 5.99. The normalized spacial score (nSPS) is 18.9. The van der Waals surface area contributed by atoms with Crippen molar-refractivity contribution in [2.45, 2.75) is 64.8 Å². The van der Waals surface area contributed by atoms with E-state index in [-0.39, 0.29) is 24.2 Å². The first-order valence-corrected chi connectivity index (χ1v) is 10.4. The van der Waals surface area contributed by atoms with Crippen LogP contribution in [0.25, 0.3) is 0 Å². The van der Waals surface area contributed by atoms with E-state index in [4.69, 9.17) is 9.47 Å². The second-order valence-electron chi connectivity index (χ2n) is 7.81. The van der Waals surface area contributed by atoms with Crippen molar-refractivity contribution in [3.63, 3.8) is 0 Å². The van der Waals surface area contributed by atoms with E-state index in [0.29, 0.717) is 26.3 Å². The van der Waals surface area contributed by atoms with Crippen LogP contribution in [0.3, 0.4) is 0 Å². The van der Waals surface area contributed by atoms with Crippen LogP contribution in [0.1, 0.15) is 42.6 Å². The van der Waals surface area contributed by atoms with Crippen LogP contribution in [0.4, 0.5) is 0 Å². The van der Waals surface area contributed by atoms with E-state index >= 15 is 0 Å². The first-order valence-electron chi connectivity index (χ1n) is 10.4. The molecule has 0 spiro atoms. The summed E-state index contributed by atoms with van der Waals surface area (Å²) in [5.74, 6) is 1.32. The number of nitrogens with one attached hydrogen (secondary N) is 1. The number of amides is 1. The van der Waals surface area contributed by atoms with Gasteiger partial charge < -0.3 is 14.8 Å². The molecule has 0 saturated carbocycles. The van der Waals surface area contributed by atoms with Gasteiger partial charge in [-0.1, -0.05) is 18.6 Å². The van der Waals surface area contributed by atoms with Crippen molar-refractivity contribution in [2.75, 3.05) is 13.2 Å². The molecule has 2 aliphatic rings. The number of aryl methyl sites for hydroxylation is 2. The minimum Gasteiger partial charge on any atom is -0.488 e. The van der Waals surface area contributed by atoms with Gasteiger partial charge in [-0.2, -0.15) is 5.10 Å². The number of benzene rings is 1. The monoisotopic (exact) mass is 400 g/mol. The molecule has 0 aliphatic carbocycles. The molecule has 1 unspecified atom stereocenters. The molecule has 4 rings (SSSR count). The van der Waals surface area contributed by atoms with E-state index in [1.807, 2.05) is 25.1 Å². The average Bonchev–Trinajstić information content (AvgIpc) is 3.23. The molecular formula is C21H28N4O4. The zero-order valence-electron chi connectivity index (χ0n) is 16.9. The van der Waals surface area contributed by atoms with E-state index in [9.17, 15) is 9.59 Å². The zero-order chi connectivity index (χ0) is 20.2. The van der Waals surface area contributed by atoms with Gasteiger partial charge in [-0.25, -0.2) is 9.48 Å². The Hall–Kier alpha value is -2.61. The minimum atomic E-state index is -0.240. The van der Waals surface area contributed by atoms with Crippen molar-refractivity contribution in [3.8, 4) is 5.75 Å². The lowest BCUT2D eigenvalue weighted by Gasteiger charge is -2.16. The molecule has 1 fully saturated rings. The van der Waals surface area contributed by atoms with E-state index in [0.717, 1.165) is 54.8 Å². The molecule has 0 bridgehead atoms. The number of carbonyl (C=O) groups excluding carboxylic acids is 1. The van der Waals surface area contributed by atoms with Gasteiger partial charge in [0.05, 0.1) is 13.2 Å². The van der Waals surface area contributed by atoms with Gasteiger partial charge in [0, 0.05) is 31.5 Å². The summed E-state index contributed by atoms with van der Waals surface area (Å²) >= 11 is 0. The standard InChI is InChI=1S/C21H28N4O4/c1-15-6-7-16(18(11-15)29-17-8-10-28-14-17)12-22-20(26)13-25-21(27)24-9-4-2-3-5-19(24)23-25/h6-7,11,17H,2-5,8-10,12-14H2,1H3,(H,22,26). The summed E-state index contributed by atoms with van der Waals surface area (Å²) in [7, 11) is 0. The second kappa shape index (κ2) is 8.82. The van der Waals surface area contributed by atoms with Crippen molar-refractivity contribution < 1.29 is 14.3 Å². The van der Waals surface area contributed by atoms with Crippen molar-refractivity contribution in [2.24, 2.45) is 0 Å². The van der Waals surface area contributed by atoms with Crippen LogP contribution in [-0.4, -0.2) is 39.6 Å². The number of fused-ring (bicyclic) bond motifs is 1. The number of nitrogens with zero attached hydrogens (tertiary/aromatic N) is 3. The zero-order valence-corrected chi connectivity index (χ0v) is 16.9. The van der Waals surface area contributed by atoms with Gasteiger partial charge in [0.15, 0.2) is 0 Å². The Morgan fingerprint density at radius 3 is 3.07 bits per heavy atom. The molecule has 8 heteroatoms. The fourth-order valence-electron chi connectivity index (χ4n) is 3.82. The molecule has 1 saturated heterocycles. The average molecular weight is 400 g/mol. The van der Waals surface area contributed by atoms with Crippen molar-refractivity contribution in [3.05, 3.63) is 45.6 Å². The predicted octanol–water partition coefficient (Wildman–Crippen LogP) is 1.56. The summed E-state index contributed by atoms with van der Waals surface area (Å²) < 4.78 is 14.4. The summed E-state index contributed by atoms with van der Waals surface area (Å²) in [6.45, 7) is 4.27. The predicted molar refractivity (Wildman–Crippen MR) is 107 cm³/mol. The van der Waals surface area contributed by atoms with Gasteiger partial charge in [-0.05, 0) is 31.4 Å². The lowest BCUT2D eigenvalue weighted by molar-refractivity contribution is -0.122. The quantitative estimate of drug-likeness (QED) is 0.795. The number of rotatable bonds is 6. The Bertz CT molecular complexity index is 927. The second-order valence-corrected chi connectivity index (χ2v) is 7.81. The van der Waals surface area contributed by atoms with Crippen LogP contribution in [0.2, 0.25) is 0 Å². The number of hydrogen-bond acceptors (Lipinski definition) is 5. The molecule has 2 aromatic rings. The van der Waals surface area contributed by atoms with Gasteiger partial charge in [0.25, 0.3) is 0 Å². The summed E-state index contributed by atoms with van der Waals surface area (Å²) in [5, 5.41) is 7.26. The highest BCUT2D eigenvalue weighted by Gasteiger charge is 2.20. The first kappa shape index (κ1) is 19.7. The molecule has 1 atom stereocenters. The largest absolute Gasteiger partial charge is 0.488 e. The van der Waals surface area contributed by atoms with Gasteiger partial charge >= 0.3 is 5.69 Å². The number of hydrogen-bond donors (Lipinski definition) is 1. The highest BCUT2D eigenvalue weighted by molar-refractivity contribution is 5.75. The summed E-state index contributed by atoms with van der Waals surface area (Å²) in [6.07, 6.45) is 4.83. The molecule has 29 heavy (non-hydrogen) atoms. The topological polar surface area (TPSA) is 87.4 Å². The van der Waals surface area contributed by atoms with Crippen LogP contribution in [0.15, 0.2) is 23.0 Å². The number of carbonyl (C=O) groups is 1. The maximum atomic E-state index is 12.5. The molecule has 156 valence electrons. The van der Waals surface area contributed by atoms with Crippen LogP contribution < -0.4 is 15.7 Å². The molecule has 1 amide bonds. The first-order chi connectivity index (χ1) is 14.1. The smallest absolute Gasteiger partial charge is 0.346 e. The fourth-order valence-corrected chi connectivity index (χ4v) is 3.82. The van der Waals surface area contributed by atoms with Gasteiger partial charge in [-0.15, -0.1) is 0 Å². The SMILES string of the molecule is Cc1ccc(CNC(=O)Cn2nc3n(c2=O)CCCCC3)c(OC2CCOC2)c1. The van der Waals surface area contributed by atoms with Crippen molar-refractivity contribution in [1.82, 2.24) is 19.7 Å². The number of ether oxygens (including phenoxy) is 2.